The van der Waals surface area contributed by atoms with Gasteiger partial charge in [0.2, 0.25) is 0 Å². The van der Waals surface area contributed by atoms with Crippen LogP contribution >= 0.6 is 0 Å². The summed E-state index contributed by atoms with van der Waals surface area (Å²) in [7, 11) is 0. The number of aromatic nitrogens is 3. The zero-order valence-corrected chi connectivity index (χ0v) is 11.7. The van der Waals surface area contributed by atoms with Gasteiger partial charge in [-0.15, -0.1) is 0 Å². The predicted octanol–water partition coefficient (Wildman–Crippen LogP) is 4.14. The highest BCUT2D eigenvalue weighted by atomic mass is 15.2. The summed E-state index contributed by atoms with van der Waals surface area (Å²) in [5.41, 5.74) is 3.72. The van der Waals surface area contributed by atoms with E-state index >= 15 is 0 Å². The summed E-state index contributed by atoms with van der Waals surface area (Å²) in [4.78, 5) is 4.71. The van der Waals surface area contributed by atoms with Gasteiger partial charge in [0.1, 0.15) is 5.82 Å². The van der Waals surface area contributed by atoms with Gasteiger partial charge >= 0.3 is 0 Å². The molecule has 0 unspecified atom stereocenters. The fourth-order valence-corrected chi connectivity index (χ4v) is 2.84. The Balaban J connectivity index is 1.85. The third kappa shape index (κ3) is 2.55. The van der Waals surface area contributed by atoms with E-state index in [9.17, 15) is 0 Å². The molecule has 0 aliphatic heterocycles. The van der Waals surface area contributed by atoms with Gasteiger partial charge in [-0.3, -0.25) is 5.10 Å². The van der Waals surface area contributed by atoms with Gasteiger partial charge < -0.3 is 0 Å². The second kappa shape index (κ2) is 5.16. The Labute approximate surface area is 114 Å². The smallest absolute Gasteiger partial charge is 0.181 e. The van der Waals surface area contributed by atoms with Gasteiger partial charge in [-0.2, -0.15) is 5.10 Å². The highest BCUT2D eigenvalue weighted by molar-refractivity contribution is 5.56. The van der Waals surface area contributed by atoms with Crippen molar-refractivity contribution in [1.82, 2.24) is 15.2 Å². The number of H-pyrrole nitrogens is 1. The standard InChI is InChI=1S/C16H21N3/c1-11-8-9-14(10-12(11)2)16-17-15(18-19-16)13-6-4-3-5-7-13/h8-10,13H,3-7H2,1-2H3,(H,17,18,19). The summed E-state index contributed by atoms with van der Waals surface area (Å²) in [6.45, 7) is 4.26. The van der Waals surface area contributed by atoms with Crippen molar-refractivity contribution >= 4 is 0 Å². The van der Waals surface area contributed by atoms with E-state index in [-0.39, 0.29) is 0 Å². The largest absolute Gasteiger partial charge is 0.262 e. The highest BCUT2D eigenvalue weighted by Gasteiger charge is 2.19. The molecule has 1 aromatic carbocycles. The van der Waals surface area contributed by atoms with Gasteiger partial charge in [-0.25, -0.2) is 4.98 Å². The molecule has 3 nitrogen and oxygen atoms in total. The fourth-order valence-electron chi connectivity index (χ4n) is 2.84. The van der Waals surface area contributed by atoms with E-state index in [4.69, 9.17) is 4.98 Å². The van der Waals surface area contributed by atoms with Crippen LogP contribution < -0.4 is 0 Å². The van der Waals surface area contributed by atoms with Gasteiger partial charge in [-0.05, 0) is 43.9 Å². The second-order valence-corrected chi connectivity index (χ2v) is 5.68. The zero-order valence-electron chi connectivity index (χ0n) is 11.7. The van der Waals surface area contributed by atoms with Crippen LogP contribution in [0.3, 0.4) is 0 Å². The van der Waals surface area contributed by atoms with Gasteiger partial charge in [-0.1, -0.05) is 31.4 Å². The zero-order chi connectivity index (χ0) is 13.2. The van der Waals surface area contributed by atoms with Crippen LogP contribution in [0.1, 0.15) is 55.0 Å². The highest BCUT2D eigenvalue weighted by Crippen LogP contribution is 2.31. The van der Waals surface area contributed by atoms with Crippen molar-refractivity contribution < 1.29 is 0 Å². The lowest BCUT2D eigenvalue weighted by Gasteiger charge is -2.18. The van der Waals surface area contributed by atoms with E-state index < -0.39 is 0 Å². The molecular weight excluding hydrogens is 234 g/mol. The molecule has 3 heteroatoms. The summed E-state index contributed by atoms with van der Waals surface area (Å²) < 4.78 is 0. The molecule has 1 aliphatic carbocycles. The van der Waals surface area contributed by atoms with E-state index in [0.717, 1.165) is 17.2 Å². The minimum atomic E-state index is 0.585. The Bertz CT molecular complexity index is 565. The Morgan fingerprint density at radius 3 is 2.58 bits per heavy atom. The molecule has 19 heavy (non-hydrogen) atoms. The molecule has 3 rings (SSSR count). The van der Waals surface area contributed by atoms with E-state index in [1.165, 1.54) is 43.2 Å². The Hall–Kier alpha value is -1.64. The van der Waals surface area contributed by atoms with Crippen molar-refractivity contribution in [3.63, 3.8) is 0 Å². The average molecular weight is 255 g/mol. The molecule has 1 aromatic heterocycles. The van der Waals surface area contributed by atoms with E-state index in [1.807, 2.05) is 0 Å². The molecule has 1 N–H and O–H groups in total. The van der Waals surface area contributed by atoms with Gasteiger partial charge in [0, 0.05) is 11.5 Å². The number of hydrogen-bond acceptors (Lipinski definition) is 2. The number of nitrogens with one attached hydrogen (secondary N) is 1. The van der Waals surface area contributed by atoms with E-state index in [1.54, 1.807) is 0 Å². The minimum Gasteiger partial charge on any atom is -0.262 e. The number of benzene rings is 1. The maximum Gasteiger partial charge on any atom is 0.181 e. The molecule has 0 saturated heterocycles. The van der Waals surface area contributed by atoms with Crippen molar-refractivity contribution in [3.8, 4) is 11.4 Å². The lowest BCUT2D eigenvalue weighted by atomic mass is 9.89. The molecule has 2 aromatic rings. The molecule has 0 atom stereocenters. The van der Waals surface area contributed by atoms with Crippen molar-refractivity contribution in [2.75, 3.05) is 0 Å². The Kier molecular flexibility index (Phi) is 3.36. The summed E-state index contributed by atoms with van der Waals surface area (Å²) >= 11 is 0. The average Bonchev–Trinajstić information content (AvgIpc) is 2.93. The van der Waals surface area contributed by atoms with Gasteiger partial charge in [0.15, 0.2) is 5.82 Å². The number of aromatic amines is 1. The third-order valence-electron chi connectivity index (χ3n) is 4.26. The molecule has 0 bridgehead atoms. The molecule has 0 spiro atoms. The maximum absolute atomic E-state index is 4.71. The molecule has 0 radical (unpaired) electrons. The lowest BCUT2D eigenvalue weighted by molar-refractivity contribution is 0.429. The van der Waals surface area contributed by atoms with Crippen LogP contribution in [-0.2, 0) is 0 Å². The Morgan fingerprint density at radius 1 is 1.05 bits per heavy atom. The minimum absolute atomic E-state index is 0.585. The summed E-state index contributed by atoms with van der Waals surface area (Å²) in [5.74, 6) is 2.50. The third-order valence-corrected chi connectivity index (χ3v) is 4.26. The number of hydrogen-bond donors (Lipinski definition) is 1. The molecule has 1 heterocycles. The van der Waals surface area contributed by atoms with E-state index in [2.05, 4.69) is 42.2 Å². The molecule has 1 fully saturated rings. The second-order valence-electron chi connectivity index (χ2n) is 5.68. The van der Waals surface area contributed by atoms with E-state index in [0.29, 0.717) is 5.92 Å². The SMILES string of the molecule is Cc1ccc(-c2n[nH]c(C3CCCCC3)n2)cc1C. The number of aryl methyl sites for hydroxylation is 2. The van der Waals surface area contributed by atoms with Crippen LogP contribution in [-0.4, -0.2) is 15.2 Å². The van der Waals surface area contributed by atoms with Crippen LogP contribution in [0.2, 0.25) is 0 Å². The molecule has 100 valence electrons. The van der Waals surface area contributed by atoms with Crippen molar-refractivity contribution in [2.45, 2.75) is 51.9 Å². The van der Waals surface area contributed by atoms with Crippen LogP contribution in [0.15, 0.2) is 18.2 Å². The quantitative estimate of drug-likeness (QED) is 0.876. The normalized spacial score (nSPS) is 16.7. The predicted molar refractivity (Wildman–Crippen MR) is 77.1 cm³/mol. The topological polar surface area (TPSA) is 41.6 Å². The summed E-state index contributed by atoms with van der Waals surface area (Å²) in [5, 5.41) is 7.54. The van der Waals surface area contributed by atoms with Gasteiger partial charge in [0.25, 0.3) is 0 Å². The van der Waals surface area contributed by atoms with Crippen molar-refractivity contribution in [1.29, 1.82) is 0 Å². The first kappa shape index (κ1) is 12.4. The van der Waals surface area contributed by atoms with Crippen LogP contribution in [0.25, 0.3) is 11.4 Å². The Morgan fingerprint density at radius 2 is 1.84 bits per heavy atom. The summed E-state index contributed by atoms with van der Waals surface area (Å²) in [6, 6.07) is 6.42. The van der Waals surface area contributed by atoms with Crippen LogP contribution in [0.4, 0.5) is 0 Å². The number of nitrogens with zero attached hydrogens (tertiary/aromatic N) is 2. The van der Waals surface area contributed by atoms with Crippen LogP contribution in [0.5, 0.6) is 0 Å². The first-order valence-corrected chi connectivity index (χ1v) is 7.24. The monoisotopic (exact) mass is 255 g/mol. The first-order valence-electron chi connectivity index (χ1n) is 7.24. The summed E-state index contributed by atoms with van der Waals surface area (Å²) in [6.07, 6.45) is 6.52. The van der Waals surface area contributed by atoms with Crippen molar-refractivity contribution in [2.24, 2.45) is 0 Å². The molecular formula is C16H21N3. The maximum atomic E-state index is 4.71. The number of rotatable bonds is 2. The molecule has 1 saturated carbocycles. The van der Waals surface area contributed by atoms with Crippen molar-refractivity contribution in [3.05, 3.63) is 35.2 Å². The molecule has 0 amide bonds. The first-order chi connectivity index (χ1) is 9.24. The van der Waals surface area contributed by atoms with Crippen LogP contribution in [0, 0.1) is 13.8 Å². The fraction of sp³-hybridized carbons (Fsp3) is 0.500. The lowest BCUT2D eigenvalue weighted by Crippen LogP contribution is -2.06. The molecule has 1 aliphatic rings. The van der Waals surface area contributed by atoms with Gasteiger partial charge in [0.05, 0.1) is 0 Å².